The van der Waals surface area contributed by atoms with E-state index in [1.807, 2.05) is 0 Å². The first kappa shape index (κ1) is 19.2. The molecule has 1 fully saturated rings. The molecule has 2 atom stereocenters. The standard InChI is InChI=1S/C12H17N5O7P2/c18-9(3-25(20)21)16-1-7(8(2-16)24-6-26(22)23)17-5-15-10-11(17)13-4-14-12(10)19/h4-5,7-8,20-23H,1-3,6H2,(H,13,14,19). The van der Waals surface area contributed by atoms with E-state index in [-0.39, 0.29) is 25.0 Å². The second-order valence-electron chi connectivity index (χ2n) is 5.66. The molecular weight excluding hydrogens is 388 g/mol. The van der Waals surface area contributed by atoms with Gasteiger partial charge < -0.3 is 38.8 Å². The molecule has 2 aromatic rings. The Morgan fingerprint density at radius 1 is 1.27 bits per heavy atom. The number of ether oxygens (including phenoxy) is 1. The quantitative estimate of drug-likeness (QED) is 0.356. The van der Waals surface area contributed by atoms with Crippen molar-refractivity contribution in [3.63, 3.8) is 0 Å². The van der Waals surface area contributed by atoms with Crippen molar-refractivity contribution < 1.29 is 29.1 Å². The van der Waals surface area contributed by atoms with Crippen LogP contribution in [0.2, 0.25) is 0 Å². The summed E-state index contributed by atoms with van der Waals surface area (Å²) < 4.78 is 7.12. The first-order valence-corrected chi connectivity index (χ1v) is 10.3. The van der Waals surface area contributed by atoms with E-state index in [9.17, 15) is 9.59 Å². The van der Waals surface area contributed by atoms with Gasteiger partial charge in [-0.25, -0.2) is 9.97 Å². The van der Waals surface area contributed by atoms with E-state index < -0.39 is 46.5 Å². The van der Waals surface area contributed by atoms with E-state index in [4.69, 9.17) is 24.3 Å². The first-order valence-electron chi connectivity index (χ1n) is 7.47. The largest absolute Gasteiger partial charge is 0.365 e. The fourth-order valence-corrected chi connectivity index (χ4v) is 3.65. The van der Waals surface area contributed by atoms with Gasteiger partial charge in [-0.15, -0.1) is 0 Å². The van der Waals surface area contributed by atoms with Crippen LogP contribution in [0.5, 0.6) is 0 Å². The third-order valence-electron chi connectivity index (χ3n) is 3.99. The van der Waals surface area contributed by atoms with Gasteiger partial charge in [0.05, 0.1) is 31.0 Å². The number of aromatic amines is 1. The molecule has 26 heavy (non-hydrogen) atoms. The smallest absolute Gasteiger partial charge is 0.278 e. The number of hydrogen-bond acceptors (Lipinski definition) is 9. The molecule has 1 aliphatic heterocycles. The highest BCUT2D eigenvalue weighted by Gasteiger charge is 2.38. The highest BCUT2D eigenvalue weighted by atomic mass is 31.2. The van der Waals surface area contributed by atoms with E-state index in [2.05, 4.69) is 15.0 Å². The highest BCUT2D eigenvalue weighted by Crippen LogP contribution is 2.32. The van der Waals surface area contributed by atoms with E-state index >= 15 is 0 Å². The molecule has 2 unspecified atom stereocenters. The van der Waals surface area contributed by atoms with Gasteiger partial charge in [-0.05, 0) is 0 Å². The van der Waals surface area contributed by atoms with Gasteiger partial charge >= 0.3 is 0 Å². The van der Waals surface area contributed by atoms with Crippen molar-refractivity contribution in [2.24, 2.45) is 0 Å². The van der Waals surface area contributed by atoms with E-state index in [0.717, 1.165) is 0 Å². The number of imidazole rings is 1. The number of H-pyrrole nitrogens is 1. The number of fused-ring (bicyclic) bond motifs is 1. The molecule has 3 heterocycles. The molecule has 0 radical (unpaired) electrons. The van der Waals surface area contributed by atoms with Crippen LogP contribution in [-0.4, -0.2) is 81.6 Å². The van der Waals surface area contributed by atoms with Crippen molar-refractivity contribution in [3.8, 4) is 0 Å². The van der Waals surface area contributed by atoms with Crippen LogP contribution in [0.15, 0.2) is 17.4 Å². The number of rotatable bonds is 6. The molecule has 0 spiro atoms. The minimum Gasteiger partial charge on any atom is -0.365 e. The van der Waals surface area contributed by atoms with Gasteiger partial charge in [0.1, 0.15) is 6.35 Å². The molecule has 12 nitrogen and oxygen atoms in total. The monoisotopic (exact) mass is 405 g/mol. The van der Waals surface area contributed by atoms with Crippen molar-refractivity contribution in [3.05, 3.63) is 23.0 Å². The number of nitrogens with zero attached hydrogens (tertiary/aromatic N) is 4. The summed E-state index contributed by atoms with van der Waals surface area (Å²) in [7, 11) is -4.64. The van der Waals surface area contributed by atoms with Crippen molar-refractivity contribution in [2.45, 2.75) is 12.1 Å². The predicted molar refractivity (Wildman–Crippen MR) is 91.1 cm³/mol. The van der Waals surface area contributed by atoms with Gasteiger partial charge in [0.25, 0.3) is 5.56 Å². The Kier molecular flexibility index (Phi) is 5.93. The van der Waals surface area contributed by atoms with Crippen LogP contribution in [0, 0.1) is 0 Å². The summed E-state index contributed by atoms with van der Waals surface area (Å²) in [5, 5.41) is 0. The highest BCUT2D eigenvalue weighted by molar-refractivity contribution is 7.46. The summed E-state index contributed by atoms with van der Waals surface area (Å²) in [4.78, 5) is 72.3. The van der Waals surface area contributed by atoms with Gasteiger partial charge in [0, 0.05) is 13.1 Å². The summed E-state index contributed by atoms with van der Waals surface area (Å²) in [6, 6.07) is -0.475. The van der Waals surface area contributed by atoms with Crippen LogP contribution in [0.4, 0.5) is 0 Å². The lowest BCUT2D eigenvalue weighted by Gasteiger charge is -2.20. The number of carbonyl (C=O) groups is 1. The molecule has 142 valence electrons. The van der Waals surface area contributed by atoms with Crippen molar-refractivity contribution >= 4 is 33.8 Å². The summed E-state index contributed by atoms with van der Waals surface area (Å²) in [6.07, 6.45) is 1.34. The zero-order valence-electron chi connectivity index (χ0n) is 13.3. The molecule has 1 aliphatic rings. The fourth-order valence-electron chi connectivity index (χ4n) is 2.88. The third-order valence-corrected chi connectivity index (χ3v) is 4.93. The Balaban J connectivity index is 1.89. The molecule has 2 aromatic heterocycles. The van der Waals surface area contributed by atoms with E-state index in [1.165, 1.54) is 17.6 Å². The Hall–Kier alpha value is -1.52. The maximum atomic E-state index is 12.1. The first-order chi connectivity index (χ1) is 12.4. The topological polar surface area (TPSA) is 174 Å². The normalized spacial score (nSPS) is 20.6. The Morgan fingerprint density at radius 2 is 2.04 bits per heavy atom. The molecule has 0 aromatic carbocycles. The van der Waals surface area contributed by atoms with E-state index in [1.54, 1.807) is 4.57 Å². The van der Waals surface area contributed by atoms with Crippen LogP contribution in [0.25, 0.3) is 11.2 Å². The van der Waals surface area contributed by atoms with Crippen molar-refractivity contribution in [1.82, 2.24) is 24.4 Å². The molecule has 1 amide bonds. The third kappa shape index (κ3) is 4.07. The molecule has 3 rings (SSSR count). The molecule has 0 bridgehead atoms. The molecule has 1 saturated heterocycles. The number of aromatic nitrogens is 4. The lowest BCUT2D eigenvalue weighted by atomic mass is 10.2. The van der Waals surface area contributed by atoms with Gasteiger partial charge in [0.2, 0.25) is 5.91 Å². The second kappa shape index (κ2) is 8.01. The van der Waals surface area contributed by atoms with Crippen LogP contribution in [-0.2, 0) is 9.53 Å². The average molecular weight is 405 g/mol. The minimum atomic E-state index is -2.37. The van der Waals surface area contributed by atoms with Crippen molar-refractivity contribution in [1.29, 1.82) is 0 Å². The zero-order chi connectivity index (χ0) is 18.8. The van der Waals surface area contributed by atoms with Gasteiger partial charge in [-0.2, -0.15) is 0 Å². The predicted octanol–water partition coefficient (Wildman–Crippen LogP) is -1.56. The van der Waals surface area contributed by atoms with Gasteiger partial charge in [0.15, 0.2) is 27.9 Å². The number of likely N-dealkylation sites (tertiary alicyclic amines) is 1. The fraction of sp³-hybridized carbons (Fsp3) is 0.500. The number of carbonyl (C=O) groups excluding carboxylic acids is 1. The number of hydrogen-bond donors (Lipinski definition) is 5. The lowest BCUT2D eigenvalue weighted by molar-refractivity contribution is -0.128. The zero-order valence-corrected chi connectivity index (χ0v) is 15.1. The molecule has 14 heteroatoms. The second-order valence-corrected chi connectivity index (χ2v) is 7.72. The Labute approximate surface area is 148 Å². The maximum absolute atomic E-state index is 12.1. The SMILES string of the molecule is O=C(CP(O)O)N1CC(OCP(O)O)C(n2cnc3c(=O)[nH]cnc32)C1. The van der Waals surface area contributed by atoms with Crippen LogP contribution < -0.4 is 5.56 Å². The van der Waals surface area contributed by atoms with E-state index in [0.29, 0.717) is 5.65 Å². The summed E-state index contributed by atoms with van der Waals surface area (Å²) >= 11 is 0. The van der Waals surface area contributed by atoms with Crippen molar-refractivity contribution in [2.75, 3.05) is 25.6 Å². The number of nitrogens with one attached hydrogen (secondary N) is 1. The van der Waals surface area contributed by atoms with Crippen LogP contribution in [0.3, 0.4) is 0 Å². The molecular formula is C12H17N5O7P2. The lowest BCUT2D eigenvalue weighted by Crippen LogP contribution is -2.31. The summed E-state index contributed by atoms with van der Waals surface area (Å²) in [5.74, 6) is -0.456. The maximum Gasteiger partial charge on any atom is 0.278 e. The van der Waals surface area contributed by atoms with Crippen LogP contribution in [0.1, 0.15) is 6.04 Å². The summed E-state index contributed by atoms with van der Waals surface area (Å²) in [5.41, 5.74) is 0.0397. The Bertz CT molecular complexity index is 841. The molecule has 0 saturated carbocycles. The summed E-state index contributed by atoms with van der Waals surface area (Å²) in [6.45, 7) is 0.292. The Morgan fingerprint density at radius 3 is 2.73 bits per heavy atom. The molecule has 0 aliphatic carbocycles. The average Bonchev–Trinajstić information content (AvgIpc) is 3.16. The molecule has 5 N–H and O–H groups in total. The van der Waals surface area contributed by atoms with Crippen LogP contribution >= 0.6 is 16.8 Å². The van der Waals surface area contributed by atoms with Gasteiger partial charge in [-0.3, -0.25) is 9.59 Å². The number of amides is 1. The minimum absolute atomic E-state index is 0.124. The van der Waals surface area contributed by atoms with Gasteiger partial charge in [-0.1, -0.05) is 0 Å².